The zero-order valence-corrected chi connectivity index (χ0v) is 30.6. The number of halogens is 3. The van der Waals surface area contributed by atoms with Crippen LogP contribution < -0.4 is 4.90 Å². The Morgan fingerprint density at radius 1 is 0.725 bits per heavy atom. The molecule has 4 rings (SSSR count). The number of hydrogen-bond acceptors (Lipinski definition) is 4. The van der Waals surface area contributed by atoms with E-state index in [1.54, 1.807) is 6.92 Å². The molecular weight excluding hydrogens is 647 g/mol. The maximum absolute atomic E-state index is 14.4. The molecule has 0 saturated carbocycles. The topological polar surface area (TPSA) is 43.9 Å². The number of hydrogen-bond donors (Lipinski definition) is 0. The lowest BCUT2D eigenvalue weighted by molar-refractivity contribution is -0.137. The summed E-state index contributed by atoms with van der Waals surface area (Å²) in [6.45, 7) is 19.5. The van der Waals surface area contributed by atoms with Crippen LogP contribution in [0.2, 0.25) is 0 Å². The Morgan fingerprint density at radius 2 is 1.27 bits per heavy atom. The van der Waals surface area contributed by atoms with E-state index in [0.717, 1.165) is 48.5 Å². The Bertz CT molecular complexity index is 1650. The van der Waals surface area contributed by atoms with Crippen LogP contribution in [-0.4, -0.2) is 60.3 Å². The largest absolute Gasteiger partial charge is 0.416 e. The highest BCUT2D eigenvalue weighted by Crippen LogP contribution is 2.31. The Balaban J connectivity index is 0.00000345. The average molecular weight is 700 g/mol. The molecule has 0 fully saturated rings. The normalized spacial score (nSPS) is 12.4. The minimum atomic E-state index is -4.38. The molecule has 0 aliphatic heterocycles. The predicted octanol–water partition coefficient (Wildman–Crippen LogP) is 9.82. The van der Waals surface area contributed by atoms with Gasteiger partial charge in [-0.05, 0) is 85.8 Å². The molecule has 2 atom stereocenters. The molecule has 272 valence electrons. The van der Waals surface area contributed by atoms with Crippen molar-refractivity contribution in [2.45, 2.75) is 59.8 Å². The second-order valence-electron chi connectivity index (χ2n) is 12.7. The van der Waals surface area contributed by atoms with Gasteiger partial charge in [0.25, 0.3) is 0 Å². The molecule has 0 aliphatic carbocycles. The van der Waals surface area contributed by atoms with Gasteiger partial charge in [-0.3, -0.25) is 9.59 Å². The summed E-state index contributed by atoms with van der Waals surface area (Å²) in [5.74, 6) is 0.0793. The number of rotatable bonds is 16. The van der Waals surface area contributed by atoms with Gasteiger partial charge in [-0.25, -0.2) is 0 Å². The summed E-state index contributed by atoms with van der Waals surface area (Å²) in [4.78, 5) is 33.4. The summed E-state index contributed by atoms with van der Waals surface area (Å²) >= 11 is 0. The minimum Gasteiger partial charge on any atom is -0.359 e. The molecule has 0 spiro atoms. The SMILES string of the molecule is C=C.CCN(CC)CCN(Cc1ccc(-c2ccc(C(F)(F)F)cc2)cc1)C(=O)CN(c1ccccc1C(C)=O)C(C)C(C)Cc1ccccc1. The lowest BCUT2D eigenvalue weighted by atomic mass is 9.92. The number of alkyl halides is 3. The second kappa shape index (κ2) is 19.6. The van der Waals surface area contributed by atoms with Crippen LogP contribution in [0, 0.1) is 5.92 Å². The van der Waals surface area contributed by atoms with Gasteiger partial charge >= 0.3 is 6.18 Å². The van der Waals surface area contributed by atoms with Crippen LogP contribution in [0.25, 0.3) is 11.1 Å². The van der Waals surface area contributed by atoms with Crippen molar-refractivity contribution in [3.05, 3.63) is 139 Å². The highest BCUT2D eigenvalue weighted by atomic mass is 19.4. The van der Waals surface area contributed by atoms with Crippen LogP contribution in [-0.2, 0) is 23.9 Å². The van der Waals surface area contributed by atoms with Gasteiger partial charge in [0.1, 0.15) is 0 Å². The number of anilines is 1. The molecule has 8 heteroatoms. The molecule has 0 N–H and O–H groups in total. The summed E-state index contributed by atoms with van der Waals surface area (Å²) < 4.78 is 39.2. The molecule has 4 aromatic rings. The van der Waals surface area contributed by atoms with E-state index in [1.165, 1.54) is 17.7 Å². The third kappa shape index (κ3) is 11.7. The van der Waals surface area contributed by atoms with Gasteiger partial charge in [0.05, 0.1) is 12.1 Å². The van der Waals surface area contributed by atoms with E-state index in [0.29, 0.717) is 30.8 Å². The van der Waals surface area contributed by atoms with Gasteiger partial charge < -0.3 is 14.7 Å². The number of para-hydroxylation sites is 1. The average Bonchev–Trinajstić information content (AvgIpc) is 3.14. The summed E-state index contributed by atoms with van der Waals surface area (Å²) in [6, 6.07) is 30.5. The first-order chi connectivity index (χ1) is 24.4. The van der Waals surface area contributed by atoms with E-state index in [1.807, 2.05) is 71.6 Å². The van der Waals surface area contributed by atoms with Crippen molar-refractivity contribution in [2.75, 3.05) is 37.6 Å². The number of likely N-dealkylation sites (N-methyl/N-ethyl adjacent to an activating group) is 1. The van der Waals surface area contributed by atoms with Crippen LogP contribution in [0.5, 0.6) is 0 Å². The first-order valence-electron chi connectivity index (χ1n) is 17.6. The van der Waals surface area contributed by atoms with Gasteiger partial charge in [-0.1, -0.05) is 99.6 Å². The molecule has 0 heterocycles. The van der Waals surface area contributed by atoms with Crippen molar-refractivity contribution < 1.29 is 22.8 Å². The predicted molar refractivity (Wildman–Crippen MR) is 204 cm³/mol. The Kier molecular flexibility index (Phi) is 15.7. The van der Waals surface area contributed by atoms with E-state index >= 15 is 0 Å². The van der Waals surface area contributed by atoms with Gasteiger partial charge in [0.2, 0.25) is 5.91 Å². The molecule has 0 aliphatic rings. The smallest absolute Gasteiger partial charge is 0.359 e. The van der Waals surface area contributed by atoms with Crippen molar-refractivity contribution >= 4 is 17.4 Å². The maximum atomic E-state index is 14.4. The zero-order valence-electron chi connectivity index (χ0n) is 30.6. The van der Waals surface area contributed by atoms with E-state index < -0.39 is 11.7 Å². The van der Waals surface area contributed by atoms with Crippen molar-refractivity contribution in [1.82, 2.24) is 9.80 Å². The highest BCUT2D eigenvalue weighted by molar-refractivity contribution is 6.00. The third-order valence-electron chi connectivity index (χ3n) is 9.42. The number of Topliss-reactive ketones (excluding diaryl/α,β-unsaturated/α-hetero) is 1. The number of amides is 1. The number of benzene rings is 4. The monoisotopic (exact) mass is 699 g/mol. The molecule has 0 saturated heterocycles. The molecule has 4 aromatic carbocycles. The van der Waals surface area contributed by atoms with E-state index in [-0.39, 0.29) is 30.2 Å². The van der Waals surface area contributed by atoms with Crippen molar-refractivity contribution in [1.29, 1.82) is 0 Å². The minimum absolute atomic E-state index is 0.0453. The maximum Gasteiger partial charge on any atom is 0.416 e. The fourth-order valence-corrected chi connectivity index (χ4v) is 6.15. The quantitative estimate of drug-likeness (QED) is 0.0863. The molecule has 0 radical (unpaired) electrons. The third-order valence-corrected chi connectivity index (χ3v) is 9.42. The Hall–Kier alpha value is -4.69. The van der Waals surface area contributed by atoms with E-state index in [4.69, 9.17) is 0 Å². The Labute approximate surface area is 302 Å². The summed E-state index contributed by atoms with van der Waals surface area (Å²) in [5.41, 5.74) is 4.28. The molecule has 51 heavy (non-hydrogen) atoms. The van der Waals surface area contributed by atoms with Gasteiger partial charge in [0.15, 0.2) is 5.78 Å². The fraction of sp³-hybridized carbons (Fsp3) is 0.349. The second-order valence-corrected chi connectivity index (χ2v) is 12.7. The summed E-state index contributed by atoms with van der Waals surface area (Å²) in [6.07, 6.45) is -3.56. The number of ketones is 1. The summed E-state index contributed by atoms with van der Waals surface area (Å²) in [5, 5.41) is 0. The molecule has 0 aromatic heterocycles. The van der Waals surface area contributed by atoms with Gasteiger partial charge in [-0.2, -0.15) is 13.2 Å². The van der Waals surface area contributed by atoms with Crippen LogP contribution in [0.1, 0.15) is 61.7 Å². The van der Waals surface area contributed by atoms with E-state index in [9.17, 15) is 22.8 Å². The molecule has 0 bridgehead atoms. The molecule has 5 nitrogen and oxygen atoms in total. The number of carbonyl (C=O) groups is 2. The van der Waals surface area contributed by atoms with Crippen LogP contribution in [0.15, 0.2) is 116 Å². The molecular formula is C43H52F3N3O2. The lowest BCUT2D eigenvalue weighted by Crippen LogP contribution is -2.48. The van der Waals surface area contributed by atoms with Gasteiger partial charge in [-0.15, -0.1) is 13.2 Å². The van der Waals surface area contributed by atoms with Crippen molar-refractivity contribution in [3.63, 3.8) is 0 Å². The van der Waals surface area contributed by atoms with Crippen LogP contribution in [0.3, 0.4) is 0 Å². The highest BCUT2D eigenvalue weighted by Gasteiger charge is 2.30. The van der Waals surface area contributed by atoms with E-state index in [2.05, 4.69) is 62.8 Å². The van der Waals surface area contributed by atoms with Crippen LogP contribution >= 0.6 is 0 Å². The number of carbonyl (C=O) groups excluding carboxylic acids is 2. The summed E-state index contributed by atoms with van der Waals surface area (Å²) in [7, 11) is 0. The first-order valence-corrected chi connectivity index (χ1v) is 17.6. The van der Waals surface area contributed by atoms with Crippen molar-refractivity contribution in [2.24, 2.45) is 5.92 Å². The molecule has 1 amide bonds. The first kappa shape index (κ1) is 40.7. The zero-order chi connectivity index (χ0) is 37.6. The molecule has 2 unspecified atom stereocenters. The van der Waals surface area contributed by atoms with Crippen LogP contribution in [0.4, 0.5) is 18.9 Å². The number of nitrogens with zero attached hydrogens (tertiary/aromatic N) is 3. The lowest BCUT2D eigenvalue weighted by Gasteiger charge is -2.37. The van der Waals surface area contributed by atoms with Gasteiger partial charge in [0, 0.05) is 36.9 Å². The fourth-order valence-electron chi connectivity index (χ4n) is 6.15. The Morgan fingerprint density at radius 3 is 1.82 bits per heavy atom. The standard InChI is InChI=1S/C41H48F3N3O2.C2H4/c1-6-45(7-2)25-26-46(28-34-17-19-35(20-18-34)36-21-23-37(24-22-36)41(42,43)44)40(49)29-47(39-16-12-11-15-38(39)32(5)48)31(4)30(3)27-33-13-9-8-10-14-33;1-2/h8-24,30-31H,6-7,25-29H2,1-5H3;1-2H2. The van der Waals surface area contributed by atoms with Crippen molar-refractivity contribution in [3.8, 4) is 11.1 Å².